The first-order valence-corrected chi connectivity index (χ1v) is 16.1. The topological polar surface area (TPSA) is 482 Å². The predicted molar refractivity (Wildman–Crippen MR) is 187 cm³/mol. The molecule has 0 amide bonds. The first-order valence-electron chi connectivity index (χ1n) is 16.1. The zero-order chi connectivity index (χ0) is 43.8. The number of carbonyl (C=O) groups is 5. The van der Waals surface area contributed by atoms with Crippen molar-refractivity contribution in [1.29, 1.82) is 5.41 Å². The number of aliphatic carboxylic acids is 4. The van der Waals surface area contributed by atoms with Crippen molar-refractivity contribution < 1.29 is 100 Å². The molecule has 1 aliphatic rings. The van der Waals surface area contributed by atoms with Gasteiger partial charge in [0.05, 0.1) is 26.1 Å². The van der Waals surface area contributed by atoms with Crippen LogP contribution in [0.3, 0.4) is 0 Å². The zero-order valence-electron chi connectivity index (χ0n) is 29.6. The quantitative estimate of drug-likeness (QED) is 0.0344. The van der Waals surface area contributed by atoms with Gasteiger partial charge in [-0.05, 0) is 30.4 Å². The molecule has 1 aliphatic heterocycles. The summed E-state index contributed by atoms with van der Waals surface area (Å²) in [4.78, 5) is 53.7. The average Bonchev–Trinajstić information content (AvgIpc) is 3.62. The van der Waals surface area contributed by atoms with Crippen LogP contribution >= 0.6 is 0 Å². The van der Waals surface area contributed by atoms with Crippen LogP contribution < -0.4 is 16.8 Å². The molecule has 0 saturated carbocycles. The lowest BCUT2D eigenvalue weighted by atomic mass is 9.96. The molecular formula is C31H51N5O20. The van der Waals surface area contributed by atoms with Crippen molar-refractivity contribution in [3.05, 3.63) is 36.5 Å². The van der Waals surface area contributed by atoms with Crippen molar-refractivity contribution in [2.24, 2.45) is 11.5 Å². The summed E-state index contributed by atoms with van der Waals surface area (Å²) >= 11 is 0. The van der Waals surface area contributed by atoms with Crippen LogP contribution in [0.4, 0.5) is 0 Å². The lowest BCUT2D eigenvalue weighted by molar-refractivity contribution is -0.252. The number of hydrogen-bond acceptors (Lipinski definition) is 18. The van der Waals surface area contributed by atoms with Crippen molar-refractivity contribution in [3.8, 4) is 0 Å². The average molecular weight is 814 g/mol. The highest BCUT2D eigenvalue weighted by molar-refractivity contribution is 5.88. The molecule has 0 bridgehead atoms. The highest BCUT2D eigenvalue weighted by atomic mass is 16.6. The number of H-pyrrole nitrogens is 1. The molecule has 56 heavy (non-hydrogen) atoms. The van der Waals surface area contributed by atoms with Crippen molar-refractivity contribution >= 4 is 47.0 Å². The maximum atomic E-state index is 10.3. The molecule has 25 nitrogen and oxygen atoms in total. The number of nitrogens with two attached hydrogens (primary N) is 2. The van der Waals surface area contributed by atoms with Gasteiger partial charge in [-0.1, -0.05) is 18.2 Å². The Morgan fingerprint density at radius 1 is 0.946 bits per heavy atom. The van der Waals surface area contributed by atoms with Gasteiger partial charge in [-0.3, -0.25) is 19.8 Å². The van der Waals surface area contributed by atoms with Crippen molar-refractivity contribution in [2.45, 2.75) is 86.3 Å². The second-order valence-corrected chi connectivity index (χ2v) is 11.6. The van der Waals surface area contributed by atoms with E-state index in [1.54, 1.807) is 0 Å². The minimum atomic E-state index is -2.74. The van der Waals surface area contributed by atoms with E-state index in [0.717, 1.165) is 0 Å². The summed E-state index contributed by atoms with van der Waals surface area (Å²) in [6.45, 7) is -0.431. The van der Waals surface area contributed by atoms with E-state index in [0.29, 0.717) is 19.4 Å². The number of nitrogens with one attached hydrogen (secondary N) is 3. The van der Waals surface area contributed by atoms with E-state index in [1.165, 1.54) is 10.9 Å². The Kier molecular flexibility index (Phi) is 26.3. The molecule has 320 valence electrons. The second-order valence-electron chi connectivity index (χ2n) is 11.6. The van der Waals surface area contributed by atoms with Crippen LogP contribution in [0.15, 0.2) is 36.5 Å². The number of carboxylic acid groups (broad SMARTS) is 4. The van der Waals surface area contributed by atoms with Crippen LogP contribution in [-0.2, 0) is 28.7 Å². The Morgan fingerprint density at radius 3 is 1.93 bits per heavy atom. The van der Waals surface area contributed by atoms with Gasteiger partial charge in [0.1, 0.15) is 48.8 Å². The molecule has 0 aliphatic carbocycles. The number of ether oxygens (including phenoxy) is 1. The number of aromatic amines is 1. The Morgan fingerprint density at radius 2 is 1.50 bits per heavy atom. The molecule has 1 saturated heterocycles. The number of para-hydroxylation sites is 1. The van der Waals surface area contributed by atoms with Crippen LogP contribution in [0.1, 0.15) is 25.7 Å². The number of benzene rings is 1. The normalized spacial score (nSPS) is 20.1. The fourth-order valence-electron chi connectivity index (χ4n) is 3.79. The minimum absolute atomic E-state index is 0.0258. The van der Waals surface area contributed by atoms with E-state index in [9.17, 15) is 24.0 Å². The maximum Gasteiger partial charge on any atom is 0.336 e. The molecule has 1 aromatic carbocycles. The van der Waals surface area contributed by atoms with Crippen LogP contribution in [-0.4, -0.2) is 193 Å². The number of rotatable bonds is 15. The van der Waals surface area contributed by atoms with Gasteiger partial charge in [0.25, 0.3) is 0 Å². The number of carboxylic acids is 4. The van der Waals surface area contributed by atoms with Gasteiger partial charge in [-0.2, -0.15) is 0 Å². The summed E-state index contributed by atoms with van der Waals surface area (Å²) < 4.78 is 4.47. The van der Waals surface area contributed by atoms with E-state index < -0.39 is 104 Å². The molecule has 2 aromatic rings. The standard InChI is InChI=1S/C8H7N.C6H14N4O2.C6H8O7.C6H12O6.C5H10O5/c1-2-4-8-7(3-1)5-6-9-8;7-4(5(11)12)2-1-3-10-6(8)9;7-3(8)1-6(13,5(11)12)2-4(9)10;7-1-3(9)5(11)6(12)4(10)2-8;6-2-1-10-5(9)4(8)3(2)7/h1-6,9H;4H,1-3,7H2,(H,11,12)(H4,8,9,10);13H,1-2H2,(H,7,8)(H,9,10)(H,11,12);1,3-6,8-12H,2H2;2-9H,1H2/t;;;3-,4+,5+,6+;2-,3+,4-,5?/m...01/s1. The summed E-state index contributed by atoms with van der Waals surface area (Å²) in [7, 11) is 0. The number of aldehydes is 1. The number of fused-ring (bicyclic) bond motifs is 1. The number of guanidine groups is 1. The molecule has 2 unspecified atom stereocenters. The van der Waals surface area contributed by atoms with Gasteiger partial charge >= 0.3 is 23.9 Å². The van der Waals surface area contributed by atoms with E-state index in [4.69, 9.17) is 88.4 Å². The third kappa shape index (κ3) is 21.9. The fraction of sp³-hybridized carbons (Fsp3) is 0.548. The Hall–Kier alpha value is -4.90. The van der Waals surface area contributed by atoms with Gasteiger partial charge in [0.2, 0.25) is 0 Å². The number of carbonyl (C=O) groups excluding carboxylic acids is 1. The van der Waals surface area contributed by atoms with Gasteiger partial charge in [0.15, 0.2) is 24.1 Å². The van der Waals surface area contributed by atoms with Crippen LogP contribution in [0.25, 0.3) is 10.9 Å². The number of aromatic nitrogens is 1. The van der Waals surface area contributed by atoms with E-state index in [1.807, 2.05) is 18.3 Å². The first-order chi connectivity index (χ1) is 25.9. The third-order valence-corrected chi connectivity index (χ3v) is 6.97. The van der Waals surface area contributed by atoms with Gasteiger partial charge < -0.3 is 103 Å². The molecule has 0 radical (unpaired) electrons. The van der Waals surface area contributed by atoms with Crippen molar-refractivity contribution in [2.75, 3.05) is 19.8 Å². The summed E-state index contributed by atoms with van der Waals surface area (Å²) in [5, 5.41) is 132. The van der Waals surface area contributed by atoms with E-state index in [2.05, 4.69) is 33.2 Å². The predicted octanol–water partition coefficient (Wildman–Crippen LogP) is -6.38. The maximum absolute atomic E-state index is 10.3. The van der Waals surface area contributed by atoms with Crippen LogP contribution in [0.5, 0.6) is 0 Å². The molecule has 1 aromatic heterocycles. The molecule has 25 heteroatoms. The van der Waals surface area contributed by atoms with Crippen molar-refractivity contribution in [3.63, 3.8) is 0 Å². The third-order valence-electron chi connectivity index (χ3n) is 6.97. The van der Waals surface area contributed by atoms with Gasteiger partial charge in [-0.15, -0.1) is 0 Å². The second kappa shape index (κ2) is 27.6. The van der Waals surface area contributed by atoms with Crippen LogP contribution in [0.2, 0.25) is 0 Å². The Labute approximate surface area is 317 Å². The molecule has 9 atom stereocenters. The SMILES string of the molecule is N=C(N)NCCCC(N)C(=O)O.O=C(O)CC(O)(CC(=O)O)C(=O)O.O=C[C@H](O)[C@@H](O)[C@H](O)[C@H](O)CO.OC1OC[C@@H](O)[C@H](O)[C@H]1O.c1ccc2[nH]ccc2c1. The largest absolute Gasteiger partial charge is 0.481 e. The Balaban J connectivity index is 0. The fourth-order valence-corrected chi connectivity index (χ4v) is 3.79. The molecule has 0 spiro atoms. The number of aliphatic hydroxyl groups excluding tert-OH is 9. The van der Waals surface area contributed by atoms with Crippen molar-refractivity contribution in [1.82, 2.24) is 10.3 Å². The summed E-state index contributed by atoms with van der Waals surface area (Å²) in [5.41, 5.74) is 8.68. The van der Waals surface area contributed by atoms with E-state index >= 15 is 0 Å². The number of aliphatic hydroxyl groups is 10. The molecule has 21 N–H and O–H groups in total. The summed E-state index contributed by atoms with van der Waals surface area (Å²) in [6.07, 6.45) is -11.4. The lowest BCUT2D eigenvalue weighted by Crippen LogP contribution is -2.52. The zero-order valence-corrected chi connectivity index (χ0v) is 29.6. The molecule has 2 heterocycles. The Bertz CT molecular complexity index is 1420. The first kappa shape index (κ1) is 53.2. The smallest absolute Gasteiger partial charge is 0.336 e. The lowest BCUT2D eigenvalue weighted by Gasteiger charge is -2.31. The van der Waals surface area contributed by atoms with Gasteiger partial charge in [-0.25, -0.2) is 4.79 Å². The highest BCUT2D eigenvalue weighted by Gasteiger charge is 2.41. The highest BCUT2D eigenvalue weighted by Crippen LogP contribution is 2.16. The molecule has 3 rings (SSSR count). The summed E-state index contributed by atoms with van der Waals surface area (Å²) in [5.74, 6) is -6.13. The van der Waals surface area contributed by atoms with Gasteiger partial charge in [0, 0.05) is 18.3 Å². The van der Waals surface area contributed by atoms with E-state index in [-0.39, 0.29) is 18.9 Å². The molecular weight excluding hydrogens is 762 g/mol. The minimum Gasteiger partial charge on any atom is -0.481 e. The summed E-state index contributed by atoms with van der Waals surface area (Å²) in [6, 6.07) is 9.46. The molecule has 1 fully saturated rings. The monoisotopic (exact) mass is 813 g/mol. The van der Waals surface area contributed by atoms with Crippen LogP contribution in [0, 0.1) is 5.41 Å². The number of hydrogen-bond donors (Lipinski definition) is 19.